The van der Waals surface area contributed by atoms with E-state index in [1.54, 1.807) is 6.07 Å². The predicted molar refractivity (Wildman–Crippen MR) is 70.5 cm³/mol. The molecule has 0 radical (unpaired) electrons. The normalized spacial score (nSPS) is 15.5. The molecule has 0 spiro atoms. The molecule has 1 aromatic rings. The number of benzene rings is 1. The highest BCUT2D eigenvalue weighted by atomic mass is 16.3. The molecule has 102 valence electrons. The molecule has 6 heteroatoms. The molecule has 19 heavy (non-hydrogen) atoms. The largest absolute Gasteiger partial charge is 0.382 e. The molecule has 1 aliphatic rings. The maximum absolute atomic E-state index is 11.9. The van der Waals surface area contributed by atoms with Gasteiger partial charge in [-0.1, -0.05) is 12.1 Å². The van der Waals surface area contributed by atoms with Gasteiger partial charge in [0.25, 0.3) is 5.91 Å². The monoisotopic (exact) mass is 263 g/mol. The minimum atomic E-state index is -1.35. The minimum Gasteiger partial charge on any atom is -0.382 e. The smallest absolute Gasteiger partial charge is 0.263 e. The Morgan fingerprint density at radius 2 is 2.16 bits per heavy atom. The maximum Gasteiger partial charge on any atom is 0.263 e. The van der Waals surface area contributed by atoms with Crippen LogP contribution in [0.15, 0.2) is 18.2 Å². The Morgan fingerprint density at radius 1 is 1.42 bits per heavy atom. The highest BCUT2D eigenvalue weighted by Crippen LogP contribution is 2.30. The zero-order chi connectivity index (χ0) is 14.0. The highest BCUT2D eigenvalue weighted by molar-refractivity contribution is 6.20. The molecule has 0 aliphatic carbocycles. The van der Waals surface area contributed by atoms with Crippen LogP contribution in [0.5, 0.6) is 0 Å². The van der Waals surface area contributed by atoms with Crippen molar-refractivity contribution in [3.63, 3.8) is 0 Å². The van der Waals surface area contributed by atoms with Crippen LogP contribution in [0.2, 0.25) is 0 Å². The number of aliphatic hydroxyl groups excluding tert-OH is 1. The van der Waals surface area contributed by atoms with Gasteiger partial charge in [-0.05, 0) is 30.2 Å². The summed E-state index contributed by atoms with van der Waals surface area (Å²) in [5.41, 5.74) is 13.1. The Kier molecular flexibility index (Phi) is 3.94. The molecular formula is C13H17N3O3. The Bertz CT molecular complexity index is 516. The van der Waals surface area contributed by atoms with E-state index in [0.717, 1.165) is 22.4 Å². The van der Waals surface area contributed by atoms with Crippen LogP contribution in [0.25, 0.3) is 0 Å². The molecule has 0 saturated heterocycles. The van der Waals surface area contributed by atoms with E-state index in [-0.39, 0.29) is 18.9 Å². The number of imide groups is 1. The molecule has 5 N–H and O–H groups in total. The number of hydrogen-bond acceptors (Lipinski definition) is 5. The molecule has 1 atom stereocenters. The fourth-order valence-electron chi connectivity index (χ4n) is 2.19. The van der Waals surface area contributed by atoms with Crippen molar-refractivity contribution >= 4 is 17.5 Å². The number of amides is 2. The fourth-order valence-corrected chi connectivity index (χ4v) is 2.19. The SMILES string of the molecule is NCCc1ccc2c(c1)CC(=O)N2C(=O)C(O)CN. The van der Waals surface area contributed by atoms with Gasteiger partial charge in [-0.15, -0.1) is 0 Å². The molecule has 1 heterocycles. The number of fused-ring (bicyclic) bond motifs is 1. The molecule has 0 saturated carbocycles. The lowest BCUT2D eigenvalue weighted by Gasteiger charge is -2.18. The Hall–Kier alpha value is -1.76. The van der Waals surface area contributed by atoms with Gasteiger partial charge >= 0.3 is 0 Å². The summed E-state index contributed by atoms with van der Waals surface area (Å²) in [5.74, 6) is -1.00. The molecule has 1 aliphatic heterocycles. The average molecular weight is 263 g/mol. The molecule has 0 fully saturated rings. The van der Waals surface area contributed by atoms with Crippen molar-refractivity contribution < 1.29 is 14.7 Å². The van der Waals surface area contributed by atoms with E-state index in [2.05, 4.69) is 0 Å². The van der Waals surface area contributed by atoms with Crippen molar-refractivity contribution in [3.05, 3.63) is 29.3 Å². The Labute approximate surface area is 111 Å². The number of carbonyl (C=O) groups is 2. The summed E-state index contributed by atoms with van der Waals surface area (Å²) in [7, 11) is 0. The van der Waals surface area contributed by atoms with Gasteiger partial charge in [0.2, 0.25) is 5.91 Å². The zero-order valence-electron chi connectivity index (χ0n) is 10.5. The number of aliphatic hydroxyl groups is 1. The number of nitrogens with two attached hydrogens (primary N) is 2. The molecule has 1 aromatic carbocycles. The second-order valence-corrected chi connectivity index (χ2v) is 4.50. The van der Waals surface area contributed by atoms with Gasteiger partial charge in [-0.2, -0.15) is 0 Å². The van der Waals surface area contributed by atoms with Crippen LogP contribution in [-0.2, 0) is 22.4 Å². The van der Waals surface area contributed by atoms with E-state index in [1.165, 1.54) is 0 Å². The summed E-state index contributed by atoms with van der Waals surface area (Å²) in [6.07, 6.45) is -0.462. The van der Waals surface area contributed by atoms with Crippen LogP contribution in [0.1, 0.15) is 11.1 Å². The quantitative estimate of drug-likeness (QED) is 0.640. The standard InChI is InChI=1S/C13H17N3O3/c14-4-3-8-1-2-10-9(5-8)6-12(18)16(10)13(19)11(17)7-15/h1-2,5,11,17H,3-4,6-7,14-15H2. The summed E-state index contributed by atoms with van der Waals surface area (Å²) in [6, 6.07) is 5.42. The lowest BCUT2D eigenvalue weighted by Crippen LogP contribution is -2.44. The molecule has 2 rings (SSSR count). The van der Waals surface area contributed by atoms with Crippen LogP contribution in [0, 0.1) is 0 Å². The molecule has 0 aromatic heterocycles. The van der Waals surface area contributed by atoms with E-state index in [0.29, 0.717) is 12.2 Å². The van der Waals surface area contributed by atoms with Gasteiger partial charge < -0.3 is 16.6 Å². The van der Waals surface area contributed by atoms with Crippen LogP contribution < -0.4 is 16.4 Å². The molecular weight excluding hydrogens is 246 g/mol. The van der Waals surface area contributed by atoms with E-state index in [1.807, 2.05) is 12.1 Å². The number of carbonyl (C=O) groups excluding carboxylic acids is 2. The summed E-state index contributed by atoms with van der Waals surface area (Å²) in [5, 5.41) is 9.48. The second kappa shape index (κ2) is 5.48. The molecule has 1 unspecified atom stereocenters. The van der Waals surface area contributed by atoms with Gasteiger partial charge in [-0.25, -0.2) is 4.90 Å². The van der Waals surface area contributed by atoms with Crippen molar-refractivity contribution in [2.45, 2.75) is 18.9 Å². The lowest BCUT2D eigenvalue weighted by molar-refractivity contribution is -0.130. The highest BCUT2D eigenvalue weighted by Gasteiger charge is 2.35. The first kappa shape index (κ1) is 13.7. The van der Waals surface area contributed by atoms with Gasteiger partial charge in [0.1, 0.15) is 6.10 Å². The molecule has 0 bridgehead atoms. The van der Waals surface area contributed by atoms with E-state index < -0.39 is 12.0 Å². The Balaban J connectivity index is 2.32. The Morgan fingerprint density at radius 3 is 2.79 bits per heavy atom. The van der Waals surface area contributed by atoms with Crippen LogP contribution in [0.4, 0.5) is 5.69 Å². The zero-order valence-corrected chi connectivity index (χ0v) is 10.5. The average Bonchev–Trinajstić information content (AvgIpc) is 2.72. The van der Waals surface area contributed by atoms with Crippen molar-refractivity contribution in [3.8, 4) is 0 Å². The summed E-state index contributed by atoms with van der Waals surface area (Å²) in [6.45, 7) is 0.324. The summed E-state index contributed by atoms with van der Waals surface area (Å²) < 4.78 is 0. The first-order valence-electron chi connectivity index (χ1n) is 6.15. The topological polar surface area (TPSA) is 110 Å². The van der Waals surface area contributed by atoms with E-state index in [9.17, 15) is 14.7 Å². The second-order valence-electron chi connectivity index (χ2n) is 4.50. The van der Waals surface area contributed by atoms with Crippen LogP contribution in [0.3, 0.4) is 0 Å². The fraction of sp³-hybridized carbons (Fsp3) is 0.385. The first-order chi connectivity index (χ1) is 9.08. The number of nitrogens with zero attached hydrogens (tertiary/aromatic N) is 1. The third-order valence-corrected chi connectivity index (χ3v) is 3.14. The van der Waals surface area contributed by atoms with Crippen LogP contribution >= 0.6 is 0 Å². The number of anilines is 1. The first-order valence-corrected chi connectivity index (χ1v) is 6.15. The summed E-state index contributed by atoms with van der Waals surface area (Å²) >= 11 is 0. The summed E-state index contributed by atoms with van der Waals surface area (Å²) in [4.78, 5) is 24.8. The predicted octanol–water partition coefficient (Wildman–Crippen LogP) is -1.08. The van der Waals surface area contributed by atoms with Gasteiger partial charge in [0, 0.05) is 6.54 Å². The van der Waals surface area contributed by atoms with Gasteiger partial charge in [0.05, 0.1) is 12.1 Å². The third-order valence-electron chi connectivity index (χ3n) is 3.14. The number of hydrogen-bond donors (Lipinski definition) is 3. The van der Waals surface area contributed by atoms with Gasteiger partial charge in [-0.3, -0.25) is 9.59 Å². The number of rotatable bonds is 4. The molecule has 2 amide bonds. The maximum atomic E-state index is 11.9. The third kappa shape index (κ3) is 2.51. The van der Waals surface area contributed by atoms with E-state index >= 15 is 0 Å². The lowest BCUT2D eigenvalue weighted by atomic mass is 10.1. The van der Waals surface area contributed by atoms with Crippen molar-refractivity contribution in [2.24, 2.45) is 11.5 Å². The van der Waals surface area contributed by atoms with E-state index in [4.69, 9.17) is 11.5 Å². The van der Waals surface area contributed by atoms with Gasteiger partial charge in [0.15, 0.2) is 0 Å². The minimum absolute atomic E-state index is 0.163. The van der Waals surface area contributed by atoms with Crippen molar-refractivity contribution in [1.82, 2.24) is 0 Å². The van der Waals surface area contributed by atoms with Crippen molar-refractivity contribution in [2.75, 3.05) is 18.0 Å². The van der Waals surface area contributed by atoms with Crippen LogP contribution in [-0.4, -0.2) is 36.1 Å². The molecule has 6 nitrogen and oxygen atoms in total. The van der Waals surface area contributed by atoms with Crippen molar-refractivity contribution in [1.29, 1.82) is 0 Å².